The quantitative estimate of drug-likeness (QED) is 0.666. The highest BCUT2D eigenvalue weighted by molar-refractivity contribution is 7.99. The first-order valence-corrected chi connectivity index (χ1v) is 6.23. The van der Waals surface area contributed by atoms with Crippen LogP contribution in [0.5, 0.6) is 0 Å². The van der Waals surface area contributed by atoms with E-state index in [2.05, 4.69) is 19.2 Å². The highest BCUT2D eigenvalue weighted by Gasteiger charge is 2.52. The molecule has 76 valence electrons. The van der Waals surface area contributed by atoms with Gasteiger partial charge in [0.2, 0.25) is 0 Å². The van der Waals surface area contributed by atoms with Crippen molar-refractivity contribution >= 4 is 11.8 Å². The largest absolute Gasteiger partial charge is 0.388 e. The van der Waals surface area contributed by atoms with Crippen LogP contribution < -0.4 is 5.32 Å². The minimum absolute atomic E-state index is 0.102. The molecule has 2 aliphatic heterocycles. The maximum absolute atomic E-state index is 10.7. The summed E-state index contributed by atoms with van der Waals surface area (Å²) in [7, 11) is 0. The summed E-state index contributed by atoms with van der Waals surface area (Å²) in [5.74, 6) is 2.61. The second-order valence-electron chi connectivity index (χ2n) is 4.97. The molecule has 0 aromatic rings. The van der Waals surface area contributed by atoms with Gasteiger partial charge in [0.25, 0.3) is 0 Å². The van der Waals surface area contributed by atoms with Gasteiger partial charge in [0, 0.05) is 24.8 Å². The first kappa shape index (κ1) is 9.81. The molecular weight excluding hydrogens is 182 g/mol. The highest BCUT2D eigenvalue weighted by atomic mass is 32.2. The molecule has 2 aliphatic rings. The predicted octanol–water partition coefficient (Wildman–Crippen LogP) is 1.10. The Bertz CT molecular complexity index is 203. The molecule has 0 radical (unpaired) electrons. The van der Waals surface area contributed by atoms with E-state index in [9.17, 15) is 5.11 Å². The Morgan fingerprint density at radius 3 is 2.54 bits per heavy atom. The molecule has 1 unspecified atom stereocenters. The molecular formula is C10H19NOS. The lowest BCUT2D eigenvalue weighted by atomic mass is 9.65. The third-order valence-corrected chi connectivity index (χ3v) is 4.96. The van der Waals surface area contributed by atoms with Gasteiger partial charge < -0.3 is 10.4 Å². The van der Waals surface area contributed by atoms with Crippen molar-refractivity contribution in [1.29, 1.82) is 0 Å². The molecule has 0 spiro atoms. The zero-order valence-electron chi connectivity index (χ0n) is 8.47. The molecule has 0 bridgehead atoms. The van der Waals surface area contributed by atoms with Crippen molar-refractivity contribution in [2.75, 3.05) is 24.6 Å². The third kappa shape index (κ3) is 1.41. The van der Waals surface area contributed by atoms with Gasteiger partial charge in [-0.2, -0.15) is 11.8 Å². The Balaban J connectivity index is 2.16. The van der Waals surface area contributed by atoms with Crippen LogP contribution in [0.3, 0.4) is 0 Å². The zero-order chi connectivity index (χ0) is 9.53. The van der Waals surface area contributed by atoms with Gasteiger partial charge in [-0.1, -0.05) is 13.8 Å². The standard InChI is InChI=1S/C10H19NOS/c1-9(2)3-4-13-7-10(9,12)8-5-11-6-8/h8,11-12H,3-7H2,1-2H3. The van der Waals surface area contributed by atoms with Crippen molar-refractivity contribution in [3.8, 4) is 0 Å². The average Bonchev–Trinajstić information content (AvgIpc) is 1.92. The van der Waals surface area contributed by atoms with E-state index >= 15 is 0 Å². The van der Waals surface area contributed by atoms with E-state index in [1.807, 2.05) is 11.8 Å². The van der Waals surface area contributed by atoms with Crippen LogP contribution in [0.2, 0.25) is 0 Å². The van der Waals surface area contributed by atoms with Gasteiger partial charge in [-0.15, -0.1) is 0 Å². The Morgan fingerprint density at radius 2 is 2.08 bits per heavy atom. The van der Waals surface area contributed by atoms with E-state index in [4.69, 9.17) is 0 Å². The summed E-state index contributed by atoms with van der Waals surface area (Å²) in [5.41, 5.74) is -0.327. The third-order valence-electron chi connectivity index (χ3n) is 3.82. The minimum atomic E-state index is -0.429. The lowest BCUT2D eigenvalue weighted by molar-refractivity contribution is -0.111. The normalized spacial score (nSPS) is 39.9. The first-order valence-electron chi connectivity index (χ1n) is 5.07. The molecule has 1 atom stereocenters. The number of thioether (sulfide) groups is 1. The Hall–Kier alpha value is 0.270. The Labute approximate surface area is 84.5 Å². The molecule has 2 saturated heterocycles. The molecule has 2 nitrogen and oxygen atoms in total. The van der Waals surface area contributed by atoms with Crippen molar-refractivity contribution < 1.29 is 5.11 Å². The fraction of sp³-hybridized carbons (Fsp3) is 1.00. The lowest BCUT2D eigenvalue weighted by Gasteiger charge is -2.53. The van der Waals surface area contributed by atoms with Gasteiger partial charge >= 0.3 is 0 Å². The summed E-state index contributed by atoms with van der Waals surface area (Å²) in [6, 6.07) is 0. The summed E-state index contributed by atoms with van der Waals surface area (Å²) >= 11 is 1.90. The lowest BCUT2D eigenvalue weighted by Crippen LogP contribution is -2.64. The van der Waals surface area contributed by atoms with Crippen LogP contribution >= 0.6 is 11.8 Å². The summed E-state index contributed by atoms with van der Waals surface area (Å²) in [5, 5.41) is 13.9. The van der Waals surface area contributed by atoms with Gasteiger partial charge in [0.1, 0.15) is 0 Å². The van der Waals surface area contributed by atoms with Crippen molar-refractivity contribution in [2.24, 2.45) is 11.3 Å². The first-order chi connectivity index (χ1) is 6.06. The number of nitrogens with one attached hydrogen (secondary N) is 1. The van der Waals surface area contributed by atoms with E-state index in [0.29, 0.717) is 5.92 Å². The molecule has 2 fully saturated rings. The van der Waals surface area contributed by atoms with Gasteiger partial charge in [-0.3, -0.25) is 0 Å². The van der Waals surface area contributed by atoms with Crippen molar-refractivity contribution in [1.82, 2.24) is 5.32 Å². The Morgan fingerprint density at radius 1 is 1.38 bits per heavy atom. The minimum Gasteiger partial charge on any atom is -0.388 e. The van der Waals surface area contributed by atoms with Crippen LogP contribution in [0, 0.1) is 11.3 Å². The van der Waals surface area contributed by atoms with Gasteiger partial charge in [0.15, 0.2) is 0 Å². The smallest absolute Gasteiger partial charge is 0.0840 e. The molecule has 3 heteroatoms. The maximum atomic E-state index is 10.7. The fourth-order valence-corrected chi connectivity index (χ4v) is 4.00. The van der Waals surface area contributed by atoms with E-state index in [-0.39, 0.29) is 5.41 Å². The van der Waals surface area contributed by atoms with E-state index in [1.54, 1.807) is 0 Å². The van der Waals surface area contributed by atoms with Crippen LogP contribution in [-0.4, -0.2) is 35.3 Å². The highest BCUT2D eigenvalue weighted by Crippen LogP contribution is 2.47. The molecule has 0 amide bonds. The topological polar surface area (TPSA) is 32.3 Å². The van der Waals surface area contributed by atoms with Crippen LogP contribution in [0.15, 0.2) is 0 Å². The molecule has 13 heavy (non-hydrogen) atoms. The van der Waals surface area contributed by atoms with E-state index < -0.39 is 5.60 Å². The maximum Gasteiger partial charge on any atom is 0.0840 e. The summed E-state index contributed by atoms with van der Waals surface area (Å²) < 4.78 is 0. The molecule has 0 aromatic carbocycles. The molecule has 2 heterocycles. The summed E-state index contributed by atoms with van der Waals surface area (Å²) in [6.07, 6.45) is 1.14. The number of aliphatic hydroxyl groups is 1. The van der Waals surface area contributed by atoms with Crippen LogP contribution in [-0.2, 0) is 0 Å². The number of rotatable bonds is 1. The van der Waals surface area contributed by atoms with Crippen LogP contribution in [0.25, 0.3) is 0 Å². The predicted molar refractivity (Wildman–Crippen MR) is 57.0 cm³/mol. The van der Waals surface area contributed by atoms with Gasteiger partial charge in [0.05, 0.1) is 5.60 Å². The number of hydrogen-bond donors (Lipinski definition) is 2. The van der Waals surface area contributed by atoms with Gasteiger partial charge in [-0.05, 0) is 17.6 Å². The van der Waals surface area contributed by atoms with Crippen LogP contribution in [0.1, 0.15) is 20.3 Å². The van der Waals surface area contributed by atoms with E-state index in [0.717, 1.165) is 25.3 Å². The Kier molecular flexibility index (Phi) is 2.37. The van der Waals surface area contributed by atoms with Crippen molar-refractivity contribution in [3.63, 3.8) is 0 Å². The van der Waals surface area contributed by atoms with Crippen molar-refractivity contribution in [3.05, 3.63) is 0 Å². The molecule has 2 N–H and O–H groups in total. The van der Waals surface area contributed by atoms with Gasteiger partial charge in [-0.25, -0.2) is 0 Å². The summed E-state index contributed by atoms with van der Waals surface area (Å²) in [6.45, 7) is 6.43. The number of hydrogen-bond acceptors (Lipinski definition) is 3. The molecule has 0 aromatic heterocycles. The average molecular weight is 201 g/mol. The molecule has 0 saturated carbocycles. The molecule has 2 rings (SSSR count). The zero-order valence-corrected chi connectivity index (χ0v) is 9.28. The fourth-order valence-electron chi connectivity index (χ4n) is 2.26. The summed E-state index contributed by atoms with van der Waals surface area (Å²) in [4.78, 5) is 0. The van der Waals surface area contributed by atoms with Crippen molar-refractivity contribution in [2.45, 2.75) is 25.9 Å². The SMILES string of the molecule is CC1(C)CCSCC1(O)C1CNC1. The molecule has 0 aliphatic carbocycles. The second kappa shape index (κ2) is 3.14. The second-order valence-corrected chi connectivity index (χ2v) is 6.07. The van der Waals surface area contributed by atoms with Crippen LogP contribution in [0.4, 0.5) is 0 Å². The van der Waals surface area contributed by atoms with E-state index in [1.165, 1.54) is 5.75 Å². The monoisotopic (exact) mass is 201 g/mol.